The first-order valence-electron chi connectivity index (χ1n) is 18.9. The summed E-state index contributed by atoms with van der Waals surface area (Å²) in [5.74, 6) is 0.0791. The van der Waals surface area contributed by atoms with Crippen LogP contribution in [-0.2, 0) is 27.4 Å². The van der Waals surface area contributed by atoms with Crippen molar-refractivity contribution in [2.45, 2.75) is 76.9 Å². The Balaban J connectivity index is 1.26. The highest BCUT2D eigenvalue weighted by molar-refractivity contribution is 6.32. The topological polar surface area (TPSA) is 117 Å². The van der Waals surface area contributed by atoms with Crippen LogP contribution >= 0.6 is 11.6 Å². The second kappa shape index (κ2) is 18.4. The number of hydrogen-bond acceptors (Lipinski definition) is 9. The Morgan fingerprint density at radius 1 is 1.11 bits per heavy atom. The van der Waals surface area contributed by atoms with E-state index in [4.69, 9.17) is 30.5 Å². The van der Waals surface area contributed by atoms with Gasteiger partial charge in [-0.15, -0.1) is 0 Å². The number of pyridine rings is 1. The predicted octanol–water partition coefficient (Wildman–Crippen LogP) is 7.47. The van der Waals surface area contributed by atoms with Crippen molar-refractivity contribution >= 4 is 23.1 Å². The minimum Gasteiger partial charge on any atom is -0.489 e. The van der Waals surface area contributed by atoms with Gasteiger partial charge in [0.25, 0.3) is 0 Å². The average molecular weight is 755 g/mol. The smallest absolute Gasteiger partial charge is 0.320 e. The normalized spacial score (nSPS) is 23.2. The van der Waals surface area contributed by atoms with Gasteiger partial charge in [-0.3, -0.25) is 14.7 Å². The van der Waals surface area contributed by atoms with Crippen LogP contribution in [0.2, 0.25) is 5.02 Å². The minimum absolute atomic E-state index is 0.0472. The van der Waals surface area contributed by atoms with Crippen molar-refractivity contribution in [3.63, 3.8) is 0 Å². The zero-order valence-electron chi connectivity index (χ0n) is 31.5. The molecule has 0 amide bonds. The number of allylic oxidation sites excluding steroid dienone is 2. The molecule has 286 valence electrons. The molecule has 4 atom stereocenters. The van der Waals surface area contributed by atoms with Gasteiger partial charge in [0.05, 0.1) is 16.7 Å². The maximum absolute atomic E-state index is 12.2. The summed E-state index contributed by atoms with van der Waals surface area (Å²) in [6, 6.07) is 15.3. The molecule has 0 radical (unpaired) electrons. The number of aliphatic carboxylic acids is 1. The van der Waals surface area contributed by atoms with Crippen molar-refractivity contribution in [3.05, 3.63) is 106 Å². The first kappa shape index (κ1) is 39.5. The summed E-state index contributed by atoms with van der Waals surface area (Å²) >= 11 is 7.00. The van der Waals surface area contributed by atoms with Gasteiger partial charge in [0, 0.05) is 75.4 Å². The van der Waals surface area contributed by atoms with Gasteiger partial charge in [0.2, 0.25) is 0 Å². The molecule has 2 fully saturated rings. The van der Waals surface area contributed by atoms with Gasteiger partial charge in [0.1, 0.15) is 42.4 Å². The summed E-state index contributed by atoms with van der Waals surface area (Å²) in [7, 11) is 1.78. The number of nitrogens with zero attached hydrogens (tertiary/aromatic N) is 4. The number of piperidine rings is 1. The first-order valence-corrected chi connectivity index (χ1v) is 19.3. The maximum atomic E-state index is 12.2. The molecule has 0 spiro atoms. The fourth-order valence-corrected chi connectivity index (χ4v) is 8.06. The van der Waals surface area contributed by atoms with Gasteiger partial charge < -0.3 is 29.0 Å². The summed E-state index contributed by atoms with van der Waals surface area (Å²) in [6.07, 6.45) is 14.1. The Morgan fingerprint density at radius 2 is 1.96 bits per heavy atom. The van der Waals surface area contributed by atoms with Crippen molar-refractivity contribution in [2.75, 3.05) is 46.5 Å². The molecule has 2 aromatic carbocycles. The third kappa shape index (κ3) is 9.52. The summed E-state index contributed by atoms with van der Waals surface area (Å²) in [5, 5.41) is 19.8. The zero-order valence-corrected chi connectivity index (χ0v) is 32.3. The van der Waals surface area contributed by atoms with Gasteiger partial charge in [-0.05, 0) is 74.1 Å². The number of halogens is 1. The van der Waals surface area contributed by atoms with E-state index in [1.165, 1.54) is 22.9 Å². The molecular formula is C43H51ClN4O6. The van der Waals surface area contributed by atoms with Crippen molar-refractivity contribution < 1.29 is 28.8 Å². The fourth-order valence-electron chi connectivity index (χ4n) is 7.82. The van der Waals surface area contributed by atoms with E-state index in [0.29, 0.717) is 48.2 Å². The lowest BCUT2D eigenvalue weighted by atomic mass is 9.76. The number of aryl methyl sites for hydroxylation is 1. The highest BCUT2D eigenvalue weighted by Crippen LogP contribution is 2.42. The Hall–Kier alpha value is -4.24. The van der Waals surface area contributed by atoms with Crippen LogP contribution in [-0.4, -0.2) is 90.1 Å². The monoisotopic (exact) mass is 754 g/mol. The number of ether oxygens (including phenoxy) is 4. The molecule has 3 aromatic rings. The number of likely N-dealkylation sites (tertiary alicyclic amines) is 2. The van der Waals surface area contributed by atoms with E-state index in [1.807, 2.05) is 11.0 Å². The number of methoxy groups -OCH3 is 1. The summed E-state index contributed by atoms with van der Waals surface area (Å²) in [6.45, 7) is 9.11. The van der Waals surface area contributed by atoms with Crippen LogP contribution in [0.5, 0.6) is 11.5 Å². The zero-order chi connectivity index (χ0) is 38.1. The number of carbonyl (C=O) groups is 1. The fraction of sp³-hybridized carbons (Fsp3) is 0.465. The molecular weight excluding hydrogens is 704 g/mol. The number of aromatic nitrogens is 1. The Kier molecular flexibility index (Phi) is 13.4. The quantitative estimate of drug-likeness (QED) is 0.148. The average Bonchev–Trinajstić information content (AvgIpc) is 3.65. The molecule has 1 aromatic heterocycles. The van der Waals surface area contributed by atoms with E-state index in [1.54, 1.807) is 25.4 Å². The summed E-state index contributed by atoms with van der Waals surface area (Å²) in [4.78, 5) is 20.7. The Labute approximate surface area is 323 Å². The third-order valence-corrected chi connectivity index (χ3v) is 11.3. The molecule has 0 saturated carbocycles. The van der Waals surface area contributed by atoms with Crippen LogP contribution in [0.25, 0.3) is 5.57 Å². The van der Waals surface area contributed by atoms with E-state index < -0.39 is 17.6 Å². The van der Waals surface area contributed by atoms with E-state index in [0.717, 1.165) is 56.4 Å². The van der Waals surface area contributed by atoms with Crippen molar-refractivity contribution in [2.24, 2.45) is 5.92 Å². The SMILES string of the molecule is CO[C@@H]1CCN(CCCOC2(COc3cc(OCc4cncc(C#N)c4)c(CN4CCCC[C@H]4C(=O)O)cc3Cl)C=CC=C(c3ccccc3C)C2C)C1. The van der Waals surface area contributed by atoms with Gasteiger partial charge in [-0.25, -0.2) is 0 Å². The second-order valence-electron chi connectivity index (χ2n) is 14.6. The highest BCUT2D eigenvalue weighted by atomic mass is 35.5. The molecule has 10 nitrogen and oxygen atoms in total. The van der Waals surface area contributed by atoms with Gasteiger partial charge in [-0.2, -0.15) is 5.26 Å². The van der Waals surface area contributed by atoms with E-state index in [2.05, 4.69) is 72.3 Å². The van der Waals surface area contributed by atoms with E-state index in [9.17, 15) is 15.2 Å². The van der Waals surface area contributed by atoms with Crippen LogP contribution in [0.3, 0.4) is 0 Å². The van der Waals surface area contributed by atoms with Crippen LogP contribution < -0.4 is 9.47 Å². The lowest BCUT2D eigenvalue weighted by Crippen LogP contribution is -2.45. The molecule has 2 unspecified atom stereocenters. The predicted molar refractivity (Wildman–Crippen MR) is 209 cm³/mol. The summed E-state index contributed by atoms with van der Waals surface area (Å²) < 4.78 is 25.5. The highest BCUT2D eigenvalue weighted by Gasteiger charge is 2.40. The molecule has 3 aliphatic rings. The largest absolute Gasteiger partial charge is 0.489 e. The standard InChI is InChI=1S/C43H51ClN4O6/c1-30-10-4-5-11-36(30)37-12-8-15-43(31(37)2,54-19-9-16-47-18-14-35(27-47)51-3)29-53-41-22-40(52-28-33-20-32(23-45)24-46-25-33)34(21-38(41)44)26-48-17-7-6-13-39(48)42(49)50/h4-5,8,10-12,15,20-22,24-25,31,35,39H,6-7,9,13-14,16-19,26-29H2,1-3H3,(H,49,50)/t31?,35-,39+,43?/m1/s1. The van der Waals surface area contributed by atoms with Gasteiger partial charge in [-0.1, -0.05) is 61.4 Å². The van der Waals surface area contributed by atoms with Crippen molar-refractivity contribution in [1.29, 1.82) is 5.26 Å². The molecule has 2 aliphatic heterocycles. The molecule has 11 heteroatoms. The van der Waals surface area contributed by atoms with E-state index in [-0.39, 0.29) is 25.2 Å². The lowest BCUT2D eigenvalue weighted by molar-refractivity contribution is -0.144. The number of rotatable bonds is 16. The molecule has 3 heterocycles. The molecule has 1 N–H and O–H groups in total. The van der Waals surface area contributed by atoms with Gasteiger partial charge in [0.15, 0.2) is 0 Å². The van der Waals surface area contributed by atoms with Crippen LogP contribution in [0, 0.1) is 24.2 Å². The molecule has 1 aliphatic carbocycles. The van der Waals surface area contributed by atoms with Crippen LogP contribution in [0.15, 0.2) is 73.1 Å². The number of hydrogen-bond donors (Lipinski definition) is 1. The molecule has 54 heavy (non-hydrogen) atoms. The number of nitriles is 1. The minimum atomic E-state index is -0.832. The Morgan fingerprint density at radius 3 is 2.74 bits per heavy atom. The second-order valence-corrected chi connectivity index (χ2v) is 15.0. The number of carboxylic acid groups (broad SMARTS) is 1. The van der Waals surface area contributed by atoms with E-state index >= 15 is 0 Å². The van der Waals surface area contributed by atoms with Crippen LogP contribution in [0.1, 0.15) is 66.8 Å². The third-order valence-electron chi connectivity index (χ3n) is 11.0. The van der Waals surface area contributed by atoms with Crippen molar-refractivity contribution in [1.82, 2.24) is 14.8 Å². The number of carboxylic acids is 1. The lowest BCUT2D eigenvalue weighted by Gasteiger charge is -2.40. The van der Waals surface area contributed by atoms with Crippen molar-refractivity contribution in [3.8, 4) is 17.6 Å². The van der Waals surface area contributed by atoms with Gasteiger partial charge >= 0.3 is 5.97 Å². The maximum Gasteiger partial charge on any atom is 0.320 e. The van der Waals surface area contributed by atoms with Crippen LogP contribution in [0.4, 0.5) is 0 Å². The Bertz CT molecular complexity index is 1880. The molecule has 6 rings (SSSR count). The summed E-state index contributed by atoms with van der Waals surface area (Å²) in [5.41, 5.74) is 4.68. The molecule has 0 bridgehead atoms. The first-order chi connectivity index (χ1) is 26.2. The molecule has 2 saturated heterocycles. The number of benzene rings is 2.